The number of aliphatic carboxylic acids is 1. The predicted molar refractivity (Wildman–Crippen MR) is 208 cm³/mol. The summed E-state index contributed by atoms with van der Waals surface area (Å²) in [6.45, 7) is 2.10. The summed E-state index contributed by atoms with van der Waals surface area (Å²) in [5, 5.41) is 59.7. The highest BCUT2D eigenvalue weighted by Crippen LogP contribution is 2.49. The van der Waals surface area contributed by atoms with Crippen LogP contribution >= 0.6 is 22.7 Å². The smallest absolute Gasteiger partial charge is 0.347 e. The van der Waals surface area contributed by atoms with Crippen LogP contribution in [0.2, 0.25) is 0 Å². The molecule has 0 bridgehead atoms. The van der Waals surface area contributed by atoms with Crippen LogP contribution in [0, 0.1) is 0 Å². The molecule has 6 aromatic rings. The van der Waals surface area contributed by atoms with Crippen molar-refractivity contribution in [3.05, 3.63) is 102 Å². The Kier molecular flexibility index (Phi) is 12.9. The fraction of sp³-hybridized carbons (Fsp3) is 0.368. The number of pyridine rings is 1. The topological polar surface area (TPSA) is 177 Å². The molecular formula is C38H44F2N6O6S2. The van der Waals surface area contributed by atoms with Crippen LogP contribution in [0.1, 0.15) is 77.0 Å². The van der Waals surface area contributed by atoms with Gasteiger partial charge in [-0.1, -0.05) is 42.7 Å². The standard InChI is InChI=1S/C38H42N6O6S2.2FH/c1-43(29-22-52-36(34(29)24-7-3-2-4-8-24)38(50,37(48)49)32-9-5-18-51-32)16-6-17-44-28-13-10-23(19-27(28)41-42-44)20-39-21-31(46)25-11-14-30(45)35-26(25)12-15-33(47)40-35;;/h5,9-15,18-19,22,24,31,39,45-46,50H,2-4,6-8,16-17,20-21H2,1H3,(H,40,47)(H,48,49);2*1H/t31-,38?;;/m0../s1. The Morgan fingerprint density at radius 3 is 2.65 bits per heavy atom. The Morgan fingerprint density at radius 1 is 1.11 bits per heavy atom. The van der Waals surface area contributed by atoms with Gasteiger partial charge < -0.3 is 35.6 Å². The number of hydrogen-bond acceptors (Lipinski definition) is 11. The number of halogens is 2. The molecule has 0 radical (unpaired) electrons. The first-order valence-corrected chi connectivity index (χ1v) is 19.3. The molecule has 1 aliphatic rings. The zero-order valence-corrected chi connectivity index (χ0v) is 31.2. The van der Waals surface area contributed by atoms with E-state index in [1.165, 1.54) is 41.2 Å². The number of carboxylic acid groups (broad SMARTS) is 1. The number of aromatic nitrogens is 4. The fourth-order valence-corrected chi connectivity index (χ4v) is 9.59. The second-order valence-electron chi connectivity index (χ2n) is 13.5. The van der Waals surface area contributed by atoms with Crippen LogP contribution in [-0.4, -0.2) is 66.5 Å². The van der Waals surface area contributed by atoms with Gasteiger partial charge in [0.15, 0.2) is 0 Å². The van der Waals surface area contributed by atoms with Gasteiger partial charge in [-0.05, 0) is 77.6 Å². The summed E-state index contributed by atoms with van der Waals surface area (Å²) in [6.07, 6.45) is 5.23. The van der Waals surface area contributed by atoms with E-state index in [1.807, 2.05) is 35.3 Å². The number of anilines is 1. The minimum absolute atomic E-state index is 0. The first-order valence-electron chi connectivity index (χ1n) is 17.5. The summed E-state index contributed by atoms with van der Waals surface area (Å²) >= 11 is 2.60. The van der Waals surface area contributed by atoms with Crippen LogP contribution in [0.3, 0.4) is 0 Å². The SMILES string of the molecule is CN(CCCn1nnc2cc(CNC[C@H](O)c3ccc(O)c4[nH]c(=O)ccc34)ccc21)c1csc(C(O)(C(=O)O)c2cccs2)c1C1CCCCC1.F.F. The van der Waals surface area contributed by atoms with Gasteiger partial charge in [-0.25, -0.2) is 9.48 Å². The summed E-state index contributed by atoms with van der Waals surface area (Å²) in [7, 11) is 2.03. The largest absolute Gasteiger partial charge is 0.506 e. The van der Waals surface area contributed by atoms with Crippen molar-refractivity contribution in [2.75, 3.05) is 25.0 Å². The van der Waals surface area contributed by atoms with Gasteiger partial charge >= 0.3 is 5.97 Å². The maximum atomic E-state index is 12.7. The summed E-state index contributed by atoms with van der Waals surface area (Å²) in [5.74, 6) is -1.10. The zero-order chi connectivity index (χ0) is 36.4. The number of nitrogens with one attached hydrogen (secondary N) is 2. The molecule has 2 aromatic carbocycles. The van der Waals surface area contributed by atoms with E-state index < -0.39 is 17.7 Å². The average Bonchev–Trinajstić information content (AvgIpc) is 3.93. The molecule has 0 saturated heterocycles. The second kappa shape index (κ2) is 17.2. The highest BCUT2D eigenvalue weighted by Gasteiger charge is 2.46. The molecule has 288 valence electrons. The van der Waals surface area contributed by atoms with E-state index in [2.05, 4.69) is 25.5 Å². The Balaban J connectivity index is 0.00000280. The van der Waals surface area contributed by atoms with Crippen molar-refractivity contribution in [3.63, 3.8) is 0 Å². The maximum absolute atomic E-state index is 12.7. The summed E-state index contributed by atoms with van der Waals surface area (Å²) in [4.78, 5) is 30.1. The molecule has 2 atom stereocenters. The number of aromatic hydroxyl groups is 1. The summed E-state index contributed by atoms with van der Waals surface area (Å²) in [5.41, 5.74) is 3.12. The third kappa shape index (κ3) is 7.88. The molecule has 1 aliphatic carbocycles. The van der Waals surface area contributed by atoms with Crippen molar-refractivity contribution < 1.29 is 34.6 Å². The lowest BCUT2D eigenvalue weighted by molar-refractivity contribution is -0.154. The fourth-order valence-electron chi connectivity index (χ4n) is 7.40. The average molecular weight is 783 g/mol. The Morgan fingerprint density at radius 2 is 1.91 bits per heavy atom. The molecule has 1 fully saturated rings. The van der Waals surface area contributed by atoms with Gasteiger partial charge in [-0.15, -0.1) is 27.8 Å². The van der Waals surface area contributed by atoms with Gasteiger partial charge in [0, 0.05) is 50.1 Å². The molecule has 4 aromatic heterocycles. The minimum atomic E-state index is -2.08. The lowest BCUT2D eigenvalue weighted by Gasteiger charge is -2.30. The van der Waals surface area contributed by atoms with Crippen molar-refractivity contribution in [1.82, 2.24) is 25.3 Å². The number of phenols is 1. The molecule has 0 amide bonds. The van der Waals surface area contributed by atoms with Crippen LogP contribution in [0.25, 0.3) is 21.9 Å². The number of rotatable bonds is 14. The van der Waals surface area contributed by atoms with Gasteiger partial charge in [-0.3, -0.25) is 14.2 Å². The van der Waals surface area contributed by atoms with Crippen molar-refractivity contribution >= 4 is 56.3 Å². The van der Waals surface area contributed by atoms with E-state index in [4.69, 9.17) is 0 Å². The second-order valence-corrected chi connectivity index (χ2v) is 15.4. The van der Waals surface area contributed by atoms with Crippen molar-refractivity contribution in [3.8, 4) is 5.75 Å². The number of phenolic OH excluding ortho intramolecular Hbond substituents is 1. The van der Waals surface area contributed by atoms with Crippen LogP contribution in [0.4, 0.5) is 15.1 Å². The van der Waals surface area contributed by atoms with Crippen molar-refractivity contribution in [1.29, 1.82) is 0 Å². The summed E-state index contributed by atoms with van der Waals surface area (Å²) < 4.78 is 1.89. The molecule has 6 N–H and O–H groups in total. The van der Waals surface area contributed by atoms with E-state index in [0.717, 1.165) is 60.0 Å². The quantitative estimate of drug-likeness (QED) is 0.0755. The van der Waals surface area contributed by atoms with E-state index >= 15 is 0 Å². The number of hydrogen-bond donors (Lipinski definition) is 6. The number of carbonyl (C=O) groups is 1. The molecule has 16 heteroatoms. The first-order chi connectivity index (χ1) is 25.1. The van der Waals surface area contributed by atoms with Crippen LogP contribution in [0.15, 0.2) is 70.2 Å². The minimum Gasteiger partial charge on any atom is -0.506 e. The van der Waals surface area contributed by atoms with Gasteiger partial charge in [0.2, 0.25) is 11.2 Å². The highest BCUT2D eigenvalue weighted by atomic mass is 32.1. The number of aliphatic hydroxyl groups is 2. The van der Waals surface area contributed by atoms with E-state index in [1.54, 1.807) is 29.6 Å². The number of aryl methyl sites for hydroxylation is 1. The maximum Gasteiger partial charge on any atom is 0.347 e. The molecule has 0 aliphatic heterocycles. The van der Waals surface area contributed by atoms with Crippen LogP contribution < -0.4 is 15.8 Å². The van der Waals surface area contributed by atoms with E-state index in [9.17, 15) is 30.0 Å². The molecule has 54 heavy (non-hydrogen) atoms. The number of aromatic amines is 1. The number of thiophene rings is 2. The van der Waals surface area contributed by atoms with Crippen LogP contribution in [0.5, 0.6) is 5.75 Å². The Bertz CT molecular complexity index is 2250. The van der Waals surface area contributed by atoms with Gasteiger partial charge in [-0.2, -0.15) is 0 Å². The predicted octanol–water partition coefficient (Wildman–Crippen LogP) is 6.12. The van der Waals surface area contributed by atoms with E-state index in [0.29, 0.717) is 45.9 Å². The van der Waals surface area contributed by atoms with Crippen LogP contribution in [-0.2, 0) is 23.5 Å². The third-order valence-corrected chi connectivity index (χ3v) is 12.2. The number of aliphatic hydroxyl groups excluding tert-OH is 1. The molecular weight excluding hydrogens is 739 g/mol. The normalized spacial score (nSPS) is 15.0. The Hall–Kier alpha value is -4.74. The molecule has 1 unspecified atom stereocenters. The zero-order valence-electron chi connectivity index (χ0n) is 29.6. The molecule has 0 spiro atoms. The number of benzene rings is 2. The number of carboxylic acids is 1. The molecule has 4 heterocycles. The molecule has 12 nitrogen and oxygen atoms in total. The Labute approximate surface area is 317 Å². The van der Waals surface area contributed by atoms with E-state index in [-0.39, 0.29) is 33.2 Å². The number of nitrogens with zero attached hydrogens (tertiary/aromatic N) is 4. The molecule has 1 saturated carbocycles. The lowest BCUT2D eigenvalue weighted by Crippen LogP contribution is -2.36. The van der Waals surface area contributed by atoms with Gasteiger partial charge in [0.05, 0.1) is 32.6 Å². The summed E-state index contributed by atoms with van der Waals surface area (Å²) in [6, 6.07) is 15.6. The monoisotopic (exact) mass is 782 g/mol. The highest BCUT2D eigenvalue weighted by molar-refractivity contribution is 7.12. The van der Waals surface area contributed by atoms with Gasteiger partial charge in [0.25, 0.3) is 0 Å². The van der Waals surface area contributed by atoms with Crippen molar-refractivity contribution in [2.24, 2.45) is 0 Å². The third-order valence-electron chi connectivity index (χ3n) is 10.1. The first kappa shape index (κ1) is 40.4. The van der Waals surface area contributed by atoms with Crippen molar-refractivity contribution in [2.45, 2.75) is 69.2 Å². The molecule has 7 rings (SSSR count). The lowest BCUT2D eigenvalue weighted by atomic mass is 9.80. The van der Waals surface area contributed by atoms with Gasteiger partial charge in [0.1, 0.15) is 11.3 Å². The number of H-pyrrole nitrogens is 1. The number of fused-ring (bicyclic) bond motifs is 2.